The van der Waals surface area contributed by atoms with Crippen molar-refractivity contribution in [1.29, 1.82) is 0 Å². The predicted octanol–water partition coefficient (Wildman–Crippen LogP) is 2.97. The van der Waals surface area contributed by atoms with E-state index >= 15 is 0 Å². The van der Waals surface area contributed by atoms with Crippen molar-refractivity contribution < 1.29 is 46.5 Å². The lowest BCUT2D eigenvalue weighted by Crippen LogP contribution is -2.56. The van der Waals surface area contributed by atoms with Crippen LogP contribution in [-0.2, 0) is 40.4 Å². The molecule has 1 saturated heterocycles. The monoisotopic (exact) mass is 629 g/mol. The van der Waals surface area contributed by atoms with E-state index < -0.39 is 65.8 Å². The molecule has 5 atom stereocenters. The molecule has 0 bridgehead atoms. The van der Waals surface area contributed by atoms with E-state index in [4.69, 9.17) is 18.9 Å². The molecule has 1 aliphatic heterocycles. The van der Waals surface area contributed by atoms with Gasteiger partial charge in [0, 0.05) is 33.4 Å². The number of halogens is 4. The largest absolute Gasteiger partial charge is 0.463 e. The number of carbonyl (C=O) groups is 3. The third-order valence-corrected chi connectivity index (χ3v) is 6.63. The first kappa shape index (κ1) is 29.2. The Kier molecular flexibility index (Phi) is 8.58. The molecule has 0 radical (unpaired) electrons. The molecule has 0 N–H and O–H groups in total. The number of esters is 3. The van der Waals surface area contributed by atoms with Crippen LogP contribution >= 0.6 is 15.9 Å². The van der Waals surface area contributed by atoms with Gasteiger partial charge in [-0.25, -0.2) is 17.9 Å². The second-order valence-corrected chi connectivity index (χ2v) is 9.73. The lowest BCUT2D eigenvalue weighted by molar-refractivity contribution is -0.232. The molecular weight excluding hydrogens is 607 g/mol. The molecule has 12 nitrogen and oxygen atoms in total. The van der Waals surface area contributed by atoms with E-state index in [0.717, 1.165) is 26.0 Å². The lowest BCUT2D eigenvalue weighted by atomic mass is 9.90. The van der Waals surface area contributed by atoms with Gasteiger partial charge in [0.2, 0.25) is 0 Å². The maximum Gasteiger partial charge on any atom is 0.303 e. The summed E-state index contributed by atoms with van der Waals surface area (Å²) >= 11 is 3.40. The first-order chi connectivity index (χ1) is 18.9. The minimum Gasteiger partial charge on any atom is -0.463 e. The second kappa shape index (κ2) is 11.8. The van der Waals surface area contributed by atoms with Gasteiger partial charge < -0.3 is 18.9 Å². The fraction of sp³-hybridized carbons (Fsp3) is 0.417. The SMILES string of the molecule is CC(=O)OC[C@H]1O[C@@H](c2c(Br)cnn2C)[C@H](OC(C)=O)[C@@H](n2cc(-c3cc(F)c(F)c(F)c3)nn2)[C@H]1OC(C)=O. The molecule has 0 saturated carbocycles. The van der Waals surface area contributed by atoms with Crippen molar-refractivity contribution in [1.82, 2.24) is 24.8 Å². The number of aromatic nitrogens is 5. The fourth-order valence-electron chi connectivity index (χ4n) is 4.44. The molecule has 1 aliphatic rings. The van der Waals surface area contributed by atoms with Crippen molar-refractivity contribution in [2.75, 3.05) is 6.61 Å². The van der Waals surface area contributed by atoms with Crippen LogP contribution in [0.4, 0.5) is 13.2 Å². The molecule has 0 spiro atoms. The Hall–Kier alpha value is -3.79. The zero-order valence-electron chi connectivity index (χ0n) is 21.5. The van der Waals surface area contributed by atoms with E-state index in [1.54, 1.807) is 7.05 Å². The summed E-state index contributed by atoms with van der Waals surface area (Å²) in [7, 11) is 1.62. The van der Waals surface area contributed by atoms with Gasteiger partial charge in [0.1, 0.15) is 30.6 Å². The highest BCUT2D eigenvalue weighted by molar-refractivity contribution is 9.10. The van der Waals surface area contributed by atoms with E-state index in [-0.39, 0.29) is 17.9 Å². The molecule has 4 rings (SSSR count). The zero-order valence-corrected chi connectivity index (χ0v) is 23.1. The number of hydrogen-bond acceptors (Lipinski definition) is 10. The second-order valence-electron chi connectivity index (χ2n) is 8.88. The summed E-state index contributed by atoms with van der Waals surface area (Å²) in [6, 6.07) is 0.316. The van der Waals surface area contributed by atoms with Gasteiger partial charge in [-0.3, -0.25) is 19.1 Å². The number of nitrogens with zero attached hydrogens (tertiary/aromatic N) is 5. The molecule has 3 aromatic rings. The molecular formula is C24H23BrF3N5O7. The van der Waals surface area contributed by atoms with Crippen LogP contribution < -0.4 is 0 Å². The standard InChI is InChI=1S/C24H23BrF3N5O7/c1-10(34)37-9-18-22(38-11(2)35)21(24(39-12(3)36)23(40-18)20-14(25)7-29-32(20)4)33-8-17(30-31-33)13-5-15(26)19(28)16(27)6-13/h5-8,18,21-24H,9H2,1-4H3/t18-,21+,22+,23+,24-/m1/s1. The Morgan fingerprint density at radius 2 is 1.65 bits per heavy atom. The highest BCUT2D eigenvalue weighted by Crippen LogP contribution is 2.43. The van der Waals surface area contributed by atoms with Gasteiger partial charge in [-0.15, -0.1) is 5.10 Å². The van der Waals surface area contributed by atoms with Crippen LogP contribution in [0.2, 0.25) is 0 Å². The first-order valence-electron chi connectivity index (χ1n) is 11.7. The van der Waals surface area contributed by atoms with Crippen molar-refractivity contribution in [3.8, 4) is 11.3 Å². The van der Waals surface area contributed by atoms with Crippen molar-refractivity contribution in [3.05, 3.63) is 52.1 Å². The maximum absolute atomic E-state index is 13.9. The molecule has 1 fully saturated rings. The first-order valence-corrected chi connectivity index (χ1v) is 12.5. The van der Waals surface area contributed by atoms with Gasteiger partial charge in [0.25, 0.3) is 0 Å². The Morgan fingerprint density at radius 3 is 2.20 bits per heavy atom. The molecule has 0 aliphatic carbocycles. The minimum atomic E-state index is -1.65. The molecule has 2 aromatic heterocycles. The summed E-state index contributed by atoms with van der Waals surface area (Å²) in [5.74, 6) is -6.61. The van der Waals surface area contributed by atoms with Crippen LogP contribution in [0, 0.1) is 17.5 Å². The van der Waals surface area contributed by atoms with Crippen LogP contribution in [0.1, 0.15) is 38.6 Å². The zero-order chi connectivity index (χ0) is 29.3. The van der Waals surface area contributed by atoms with Crippen LogP contribution in [0.25, 0.3) is 11.3 Å². The van der Waals surface area contributed by atoms with Gasteiger partial charge in [-0.05, 0) is 28.1 Å². The smallest absolute Gasteiger partial charge is 0.303 e. The number of ether oxygens (including phenoxy) is 4. The van der Waals surface area contributed by atoms with Gasteiger partial charge >= 0.3 is 17.9 Å². The Balaban J connectivity index is 1.88. The Morgan fingerprint density at radius 1 is 1.02 bits per heavy atom. The number of rotatable bonds is 7. The van der Waals surface area contributed by atoms with E-state index in [0.29, 0.717) is 10.2 Å². The summed E-state index contributed by atoms with van der Waals surface area (Å²) in [6.45, 7) is 3.12. The van der Waals surface area contributed by atoms with Gasteiger partial charge in [0.15, 0.2) is 29.7 Å². The normalized spacial score (nSPS) is 22.6. The lowest BCUT2D eigenvalue weighted by Gasteiger charge is -2.45. The molecule has 1 aromatic carbocycles. The van der Waals surface area contributed by atoms with E-state index in [9.17, 15) is 27.6 Å². The molecule has 0 amide bonds. The molecule has 3 heterocycles. The minimum absolute atomic E-state index is 0.0674. The topological polar surface area (TPSA) is 137 Å². The molecule has 40 heavy (non-hydrogen) atoms. The van der Waals surface area contributed by atoms with E-state index in [1.165, 1.54) is 28.7 Å². The summed E-state index contributed by atoms with van der Waals surface area (Å²) in [5, 5.41) is 12.2. The Bertz CT molecular complexity index is 1410. The molecule has 214 valence electrons. The summed E-state index contributed by atoms with van der Waals surface area (Å²) in [4.78, 5) is 36.1. The summed E-state index contributed by atoms with van der Waals surface area (Å²) in [6.07, 6.45) is -1.93. The molecule has 0 unspecified atom stereocenters. The Labute approximate surface area is 233 Å². The van der Waals surface area contributed by atoms with Gasteiger partial charge in [-0.1, -0.05) is 5.21 Å². The van der Waals surface area contributed by atoms with Crippen molar-refractivity contribution in [2.45, 2.75) is 51.2 Å². The van der Waals surface area contributed by atoms with Crippen molar-refractivity contribution in [2.24, 2.45) is 7.05 Å². The summed E-state index contributed by atoms with van der Waals surface area (Å²) < 4.78 is 67.2. The predicted molar refractivity (Wildman–Crippen MR) is 131 cm³/mol. The molecule has 16 heteroatoms. The van der Waals surface area contributed by atoms with E-state index in [1.807, 2.05) is 0 Å². The number of benzene rings is 1. The van der Waals surface area contributed by atoms with E-state index in [2.05, 4.69) is 31.3 Å². The van der Waals surface area contributed by atoms with Crippen LogP contribution in [-0.4, -0.2) is 67.6 Å². The number of hydrogen-bond donors (Lipinski definition) is 0. The maximum atomic E-state index is 13.9. The third kappa shape index (κ3) is 6.01. The van der Waals surface area contributed by atoms with Gasteiger partial charge in [-0.2, -0.15) is 5.10 Å². The average molecular weight is 630 g/mol. The highest BCUT2D eigenvalue weighted by Gasteiger charge is 2.53. The van der Waals surface area contributed by atoms with Crippen molar-refractivity contribution >= 4 is 33.8 Å². The summed E-state index contributed by atoms with van der Waals surface area (Å²) in [5.41, 5.74) is 0.223. The fourth-order valence-corrected chi connectivity index (χ4v) is 5.02. The van der Waals surface area contributed by atoms with Crippen LogP contribution in [0.15, 0.2) is 29.0 Å². The number of aryl methyl sites for hydroxylation is 1. The van der Waals surface area contributed by atoms with Crippen LogP contribution in [0.3, 0.4) is 0 Å². The van der Waals surface area contributed by atoms with Crippen LogP contribution in [0.5, 0.6) is 0 Å². The quantitative estimate of drug-likeness (QED) is 0.218. The average Bonchev–Trinajstić information content (AvgIpc) is 3.48. The van der Waals surface area contributed by atoms with Crippen molar-refractivity contribution in [3.63, 3.8) is 0 Å². The number of carbonyl (C=O) groups excluding carboxylic acids is 3. The van der Waals surface area contributed by atoms with Gasteiger partial charge in [0.05, 0.1) is 22.6 Å². The third-order valence-electron chi connectivity index (χ3n) is 6.02. The highest BCUT2D eigenvalue weighted by atomic mass is 79.9.